The number of aryl methyl sites for hydroxylation is 2. The Morgan fingerprint density at radius 3 is 1.33 bits per heavy atom. The van der Waals surface area contributed by atoms with Crippen molar-refractivity contribution in [2.24, 2.45) is 0 Å². The maximum atomic E-state index is 2.39. The van der Waals surface area contributed by atoms with Gasteiger partial charge in [0.2, 0.25) is 0 Å². The minimum Gasteiger partial charge on any atom is -0.309 e. The molecule has 1 nitrogen and oxygen atoms in total. The number of anilines is 3. The second-order valence-electron chi connectivity index (χ2n) is 12.7. The van der Waals surface area contributed by atoms with E-state index < -0.39 is 0 Å². The zero-order valence-electron chi connectivity index (χ0n) is 27.8. The summed E-state index contributed by atoms with van der Waals surface area (Å²) in [5, 5.41) is 10.3. The SMILES string of the molecule is Cc1cc2ccccc2c2ccccc12.Cc1ccc(-c2ccc(N(c3cccc4ccccc34)c3cccc4ccccc34)cc2)cc1. The maximum absolute atomic E-state index is 2.39. The van der Waals surface area contributed by atoms with Crippen molar-refractivity contribution in [3.63, 3.8) is 0 Å². The molecule has 0 heterocycles. The van der Waals surface area contributed by atoms with Crippen LogP contribution in [0.4, 0.5) is 17.1 Å². The molecule has 0 spiro atoms. The Morgan fingerprint density at radius 1 is 0.327 bits per heavy atom. The van der Waals surface area contributed by atoms with Crippen LogP contribution in [0.5, 0.6) is 0 Å². The average Bonchev–Trinajstić information content (AvgIpc) is 3.16. The highest BCUT2D eigenvalue weighted by Crippen LogP contribution is 2.42. The number of rotatable bonds is 4. The van der Waals surface area contributed by atoms with E-state index in [1.807, 2.05) is 0 Å². The van der Waals surface area contributed by atoms with E-state index in [9.17, 15) is 0 Å². The van der Waals surface area contributed by atoms with Gasteiger partial charge in [-0.1, -0.05) is 169 Å². The first-order valence-corrected chi connectivity index (χ1v) is 16.9. The first-order valence-electron chi connectivity index (χ1n) is 16.9. The summed E-state index contributed by atoms with van der Waals surface area (Å²) < 4.78 is 0. The van der Waals surface area contributed by atoms with E-state index in [1.54, 1.807) is 0 Å². The van der Waals surface area contributed by atoms with E-state index in [4.69, 9.17) is 0 Å². The molecule has 0 atom stereocenters. The summed E-state index contributed by atoms with van der Waals surface area (Å²) >= 11 is 0. The summed E-state index contributed by atoms with van der Waals surface area (Å²) in [7, 11) is 0. The summed E-state index contributed by atoms with van der Waals surface area (Å²) in [6.07, 6.45) is 0. The van der Waals surface area contributed by atoms with Crippen molar-refractivity contribution in [2.75, 3.05) is 4.90 Å². The number of nitrogens with zero attached hydrogens (tertiary/aromatic N) is 1. The monoisotopic (exact) mass is 627 g/mol. The Balaban J connectivity index is 0.000000193. The van der Waals surface area contributed by atoms with Crippen LogP contribution in [-0.2, 0) is 0 Å². The fourth-order valence-corrected chi connectivity index (χ4v) is 7.00. The van der Waals surface area contributed by atoms with Crippen LogP contribution in [0.25, 0.3) is 54.2 Å². The Bertz CT molecular complexity index is 2470. The van der Waals surface area contributed by atoms with E-state index in [1.165, 1.54) is 76.7 Å². The predicted octanol–water partition coefficient (Wildman–Crippen LogP) is 13.7. The summed E-state index contributed by atoms with van der Waals surface area (Å²) in [5.74, 6) is 0. The highest BCUT2D eigenvalue weighted by Gasteiger charge is 2.17. The van der Waals surface area contributed by atoms with E-state index in [-0.39, 0.29) is 0 Å². The van der Waals surface area contributed by atoms with Gasteiger partial charge in [-0.3, -0.25) is 0 Å². The molecule has 9 aromatic carbocycles. The van der Waals surface area contributed by atoms with E-state index in [2.05, 4.69) is 207 Å². The van der Waals surface area contributed by atoms with Crippen LogP contribution in [0.1, 0.15) is 11.1 Å². The number of fused-ring (bicyclic) bond motifs is 5. The molecule has 0 N–H and O–H groups in total. The average molecular weight is 628 g/mol. The number of hydrogen-bond donors (Lipinski definition) is 0. The topological polar surface area (TPSA) is 3.24 Å². The lowest BCUT2D eigenvalue weighted by molar-refractivity contribution is 1.31. The molecule has 0 bridgehead atoms. The van der Waals surface area contributed by atoms with Crippen molar-refractivity contribution in [2.45, 2.75) is 13.8 Å². The van der Waals surface area contributed by atoms with Gasteiger partial charge in [0.25, 0.3) is 0 Å². The zero-order valence-corrected chi connectivity index (χ0v) is 27.8. The van der Waals surface area contributed by atoms with Crippen LogP contribution in [0.3, 0.4) is 0 Å². The van der Waals surface area contributed by atoms with Gasteiger partial charge in [0.05, 0.1) is 11.4 Å². The molecular weight excluding hydrogens is 591 g/mol. The smallest absolute Gasteiger partial charge is 0.0540 e. The number of hydrogen-bond acceptors (Lipinski definition) is 1. The molecule has 49 heavy (non-hydrogen) atoms. The first kappa shape index (κ1) is 30.2. The van der Waals surface area contributed by atoms with Crippen LogP contribution in [-0.4, -0.2) is 0 Å². The highest BCUT2D eigenvalue weighted by atomic mass is 15.1. The standard InChI is InChI=1S/C33H25N.C15H12/c1-24-16-18-25(19-17-24)26-20-22-29(23-21-26)34(32-14-6-10-27-8-2-4-12-30(27)32)33-15-7-11-28-9-3-5-13-31(28)33;1-11-10-12-6-2-3-8-14(12)15-9-5-4-7-13(11)15/h2-23H,1H3;2-10H,1H3. The minimum atomic E-state index is 1.14. The summed E-state index contributed by atoms with van der Waals surface area (Å²) in [4.78, 5) is 2.39. The third kappa shape index (κ3) is 5.92. The van der Waals surface area contributed by atoms with Gasteiger partial charge in [-0.2, -0.15) is 0 Å². The van der Waals surface area contributed by atoms with Crippen molar-refractivity contribution in [1.29, 1.82) is 0 Å². The van der Waals surface area contributed by atoms with Crippen molar-refractivity contribution < 1.29 is 0 Å². The molecule has 0 aliphatic carbocycles. The van der Waals surface area contributed by atoms with Crippen molar-refractivity contribution in [1.82, 2.24) is 0 Å². The summed E-state index contributed by atoms with van der Waals surface area (Å²) in [5.41, 5.74) is 8.58. The second kappa shape index (κ2) is 13.1. The van der Waals surface area contributed by atoms with Crippen LogP contribution >= 0.6 is 0 Å². The Morgan fingerprint density at radius 2 is 0.755 bits per heavy atom. The molecule has 0 aliphatic rings. The lowest BCUT2D eigenvalue weighted by Crippen LogP contribution is -2.11. The summed E-state index contributed by atoms with van der Waals surface area (Å²) in [6.45, 7) is 4.30. The van der Waals surface area contributed by atoms with E-state index in [0.29, 0.717) is 0 Å². The van der Waals surface area contributed by atoms with Crippen LogP contribution in [0.2, 0.25) is 0 Å². The quantitative estimate of drug-likeness (QED) is 0.176. The Labute approximate surface area is 288 Å². The lowest BCUT2D eigenvalue weighted by Gasteiger charge is -2.28. The van der Waals surface area contributed by atoms with Gasteiger partial charge in [0.1, 0.15) is 0 Å². The van der Waals surface area contributed by atoms with Crippen LogP contribution < -0.4 is 4.90 Å². The van der Waals surface area contributed by atoms with Gasteiger partial charge in [0, 0.05) is 16.5 Å². The molecular formula is C48H37N. The molecule has 9 aromatic rings. The maximum Gasteiger partial charge on any atom is 0.0540 e. The first-order chi connectivity index (χ1) is 24.1. The Hall–Kier alpha value is -6.18. The van der Waals surface area contributed by atoms with Gasteiger partial charge >= 0.3 is 0 Å². The third-order valence-electron chi connectivity index (χ3n) is 9.50. The van der Waals surface area contributed by atoms with Gasteiger partial charge in [-0.05, 0) is 87.1 Å². The molecule has 0 saturated carbocycles. The number of benzene rings is 9. The van der Waals surface area contributed by atoms with Gasteiger partial charge < -0.3 is 4.90 Å². The molecule has 9 rings (SSSR count). The molecule has 1 heteroatoms. The van der Waals surface area contributed by atoms with Crippen molar-refractivity contribution in [3.05, 3.63) is 199 Å². The Kier molecular flexibility index (Phi) is 8.09. The van der Waals surface area contributed by atoms with Gasteiger partial charge in [-0.15, -0.1) is 0 Å². The molecule has 0 fully saturated rings. The molecule has 0 aliphatic heterocycles. The minimum absolute atomic E-state index is 1.14. The highest BCUT2D eigenvalue weighted by molar-refractivity contribution is 6.09. The lowest BCUT2D eigenvalue weighted by atomic mass is 9.98. The van der Waals surface area contributed by atoms with Gasteiger partial charge in [0.15, 0.2) is 0 Å². The van der Waals surface area contributed by atoms with Crippen LogP contribution in [0.15, 0.2) is 188 Å². The normalized spacial score (nSPS) is 11.1. The zero-order chi connectivity index (χ0) is 33.2. The molecule has 0 amide bonds. The fourth-order valence-electron chi connectivity index (χ4n) is 7.00. The molecule has 0 aromatic heterocycles. The fraction of sp³-hybridized carbons (Fsp3) is 0.0417. The molecule has 0 saturated heterocycles. The van der Waals surface area contributed by atoms with Crippen molar-refractivity contribution >= 4 is 60.2 Å². The van der Waals surface area contributed by atoms with Crippen molar-refractivity contribution in [3.8, 4) is 11.1 Å². The molecule has 0 unspecified atom stereocenters. The summed E-state index contributed by atoms with van der Waals surface area (Å²) in [6, 6.07) is 67.4. The van der Waals surface area contributed by atoms with E-state index >= 15 is 0 Å². The van der Waals surface area contributed by atoms with Crippen LogP contribution in [0, 0.1) is 13.8 Å². The largest absolute Gasteiger partial charge is 0.309 e. The van der Waals surface area contributed by atoms with E-state index in [0.717, 1.165) is 5.69 Å². The molecule has 234 valence electrons. The third-order valence-corrected chi connectivity index (χ3v) is 9.50. The second-order valence-corrected chi connectivity index (χ2v) is 12.7. The predicted molar refractivity (Wildman–Crippen MR) is 213 cm³/mol. The van der Waals surface area contributed by atoms with Gasteiger partial charge in [-0.25, -0.2) is 0 Å². The molecule has 0 radical (unpaired) electrons.